The summed E-state index contributed by atoms with van der Waals surface area (Å²) < 4.78 is 60.1. The maximum atomic E-state index is 14.4. The van der Waals surface area contributed by atoms with Gasteiger partial charge in [-0.25, -0.2) is 21.9 Å². The Morgan fingerprint density at radius 1 is 1.16 bits per heavy atom. The summed E-state index contributed by atoms with van der Waals surface area (Å²) in [6.45, 7) is 0.864. The van der Waals surface area contributed by atoms with E-state index in [4.69, 9.17) is 4.74 Å². The van der Waals surface area contributed by atoms with Crippen molar-refractivity contribution in [1.82, 2.24) is 9.62 Å². The lowest BCUT2D eigenvalue weighted by molar-refractivity contribution is -0.133. The molecule has 0 unspecified atom stereocenters. The number of hydrogen-bond donors (Lipinski definition) is 1. The lowest BCUT2D eigenvalue weighted by atomic mass is 9.95. The van der Waals surface area contributed by atoms with E-state index in [2.05, 4.69) is 4.72 Å². The average Bonchev–Trinajstić information content (AvgIpc) is 3.54. The number of rotatable bonds is 7. The largest absolute Gasteiger partial charge is 0.367 e. The number of ether oxygens (including phenoxy) is 1. The van der Waals surface area contributed by atoms with Crippen molar-refractivity contribution in [2.75, 3.05) is 26.1 Å². The Labute approximate surface area is 186 Å². The molecule has 1 saturated heterocycles. The molecule has 32 heavy (non-hydrogen) atoms. The van der Waals surface area contributed by atoms with Crippen molar-refractivity contribution in [1.29, 1.82) is 0 Å². The van der Waals surface area contributed by atoms with Crippen LogP contribution in [0.2, 0.25) is 0 Å². The first-order valence-electron chi connectivity index (χ1n) is 10.6. The predicted octanol–water partition coefficient (Wildman–Crippen LogP) is 3.25. The van der Waals surface area contributed by atoms with Crippen molar-refractivity contribution in [3.05, 3.63) is 59.7 Å². The minimum absolute atomic E-state index is 0.0468. The summed E-state index contributed by atoms with van der Waals surface area (Å²) in [5.41, 5.74) is 1.14. The van der Waals surface area contributed by atoms with Crippen LogP contribution >= 0.6 is 0 Å². The molecule has 1 aliphatic heterocycles. The third-order valence-electron chi connectivity index (χ3n) is 6.05. The van der Waals surface area contributed by atoms with Gasteiger partial charge in [0.1, 0.15) is 11.6 Å². The van der Waals surface area contributed by atoms with Crippen LogP contribution in [0.4, 0.5) is 8.78 Å². The highest BCUT2D eigenvalue weighted by molar-refractivity contribution is 7.89. The molecule has 1 saturated carbocycles. The smallest absolute Gasteiger partial charge is 0.236 e. The molecule has 0 radical (unpaired) electrons. The third-order valence-corrected chi connectivity index (χ3v) is 7.29. The molecule has 1 aliphatic carbocycles. The van der Waals surface area contributed by atoms with Crippen LogP contribution in [0.5, 0.6) is 0 Å². The van der Waals surface area contributed by atoms with E-state index in [9.17, 15) is 22.0 Å². The van der Waals surface area contributed by atoms with Crippen LogP contribution in [0.15, 0.2) is 42.5 Å². The maximum Gasteiger partial charge on any atom is 0.236 e. The van der Waals surface area contributed by atoms with Crippen LogP contribution in [-0.4, -0.2) is 51.4 Å². The van der Waals surface area contributed by atoms with Crippen LogP contribution in [0.1, 0.15) is 30.7 Å². The van der Waals surface area contributed by atoms with Gasteiger partial charge in [0, 0.05) is 32.2 Å². The zero-order valence-electron chi connectivity index (χ0n) is 17.8. The number of hydrogen-bond acceptors (Lipinski definition) is 4. The molecular weight excluding hydrogens is 438 g/mol. The van der Waals surface area contributed by atoms with E-state index in [1.54, 1.807) is 23.1 Å². The number of nitrogens with one attached hydrogen (secondary N) is 1. The van der Waals surface area contributed by atoms with Crippen molar-refractivity contribution >= 4 is 15.9 Å². The van der Waals surface area contributed by atoms with Gasteiger partial charge in [-0.3, -0.25) is 4.79 Å². The minimum atomic E-state index is -3.56. The van der Waals surface area contributed by atoms with E-state index in [1.807, 2.05) is 6.07 Å². The van der Waals surface area contributed by atoms with Gasteiger partial charge in [0.25, 0.3) is 0 Å². The quantitative estimate of drug-likeness (QED) is 0.683. The van der Waals surface area contributed by atoms with Gasteiger partial charge in [0.05, 0.1) is 5.56 Å². The molecular formula is C23H26F2N2O4S. The van der Waals surface area contributed by atoms with Crippen molar-refractivity contribution in [2.45, 2.75) is 31.2 Å². The molecule has 1 amide bonds. The average molecular weight is 465 g/mol. The van der Waals surface area contributed by atoms with E-state index >= 15 is 0 Å². The number of carbonyl (C=O) groups excluding carboxylic acids is 1. The Bertz CT molecular complexity index is 1090. The molecule has 2 aromatic carbocycles. The molecule has 9 heteroatoms. The first kappa shape index (κ1) is 22.8. The van der Waals surface area contributed by atoms with E-state index in [1.165, 1.54) is 25.3 Å². The molecule has 172 valence electrons. The van der Waals surface area contributed by atoms with Gasteiger partial charge < -0.3 is 9.64 Å². The van der Waals surface area contributed by atoms with Gasteiger partial charge >= 0.3 is 0 Å². The van der Waals surface area contributed by atoms with E-state index < -0.39 is 27.6 Å². The van der Waals surface area contributed by atoms with E-state index in [-0.39, 0.29) is 29.3 Å². The fourth-order valence-corrected chi connectivity index (χ4v) is 5.64. The first-order valence-corrected chi connectivity index (χ1v) is 12.3. The normalized spacial score (nSPS) is 23.2. The molecule has 1 N–H and O–H groups in total. The number of benzene rings is 2. The molecule has 1 heterocycles. The lowest BCUT2D eigenvalue weighted by Gasteiger charge is -2.33. The maximum absolute atomic E-state index is 14.4. The monoisotopic (exact) mass is 464 g/mol. The Morgan fingerprint density at radius 2 is 1.88 bits per heavy atom. The summed E-state index contributed by atoms with van der Waals surface area (Å²) in [6.07, 6.45) is 1.94. The first-order chi connectivity index (χ1) is 15.3. The van der Waals surface area contributed by atoms with Crippen molar-refractivity contribution in [3.63, 3.8) is 0 Å². The molecule has 0 spiro atoms. The van der Waals surface area contributed by atoms with Gasteiger partial charge in [-0.1, -0.05) is 30.3 Å². The number of carbonyl (C=O) groups is 1. The number of nitrogens with zero attached hydrogens (tertiary/aromatic N) is 1. The third kappa shape index (κ3) is 4.84. The van der Waals surface area contributed by atoms with Gasteiger partial charge in [-0.2, -0.15) is 0 Å². The Hall–Kier alpha value is -2.36. The van der Waals surface area contributed by atoms with Gasteiger partial charge in [-0.05, 0) is 48.4 Å². The summed E-state index contributed by atoms with van der Waals surface area (Å²) in [4.78, 5) is 14.8. The molecule has 2 fully saturated rings. The van der Waals surface area contributed by atoms with Crippen LogP contribution in [0.25, 0.3) is 11.1 Å². The Morgan fingerprint density at radius 3 is 2.59 bits per heavy atom. The molecule has 3 atom stereocenters. The summed E-state index contributed by atoms with van der Waals surface area (Å²) in [6, 6.07) is 10.4. The van der Waals surface area contributed by atoms with Crippen LogP contribution in [0.3, 0.4) is 0 Å². The van der Waals surface area contributed by atoms with Crippen molar-refractivity contribution in [2.24, 2.45) is 5.92 Å². The minimum Gasteiger partial charge on any atom is -0.367 e. The van der Waals surface area contributed by atoms with Gasteiger partial charge in [-0.15, -0.1) is 0 Å². The highest BCUT2D eigenvalue weighted by atomic mass is 32.2. The van der Waals surface area contributed by atoms with Crippen LogP contribution in [-0.2, 0) is 19.6 Å². The standard InChI is InChI=1S/C23H26F2N2O4S/c1-31-14-32(29,30)26-15-6-5-11-27(13-15)23(28)19-12-18(19)16-7-2-3-8-17(16)22-20(24)9-4-10-21(22)25/h2-4,7-10,15,18-19,26H,5-6,11-14H2,1H3/t15-,18-,19+/m0/s1. The van der Waals surface area contributed by atoms with Crippen molar-refractivity contribution in [3.8, 4) is 11.1 Å². The number of sulfonamides is 1. The Kier molecular flexibility index (Phi) is 6.60. The molecule has 2 aromatic rings. The second-order valence-electron chi connectivity index (χ2n) is 8.40. The number of piperidine rings is 1. The van der Waals surface area contributed by atoms with E-state index in [0.29, 0.717) is 37.9 Å². The predicted molar refractivity (Wildman–Crippen MR) is 116 cm³/mol. The topological polar surface area (TPSA) is 75.7 Å². The SMILES string of the molecule is COCS(=O)(=O)N[C@H]1CCCN(C(=O)[C@@H]2C[C@H]2c2ccccc2-c2c(F)cccc2F)C1. The van der Waals surface area contributed by atoms with E-state index in [0.717, 1.165) is 5.56 Å². The van der Waals surface area contributed by atoms with Crippen LogP contribution in [0, 0.1) is 17.6 Å². The molecule has 4 rings (SSSR count). The lowest BCUT2D eigenvalue weighted by Crippen LogP contribution is -2.50. The highest BCUT2D eigenvalue weighted by Gasteiger charge is 2.47. The summed E-state index contributed by atoms with van der Waals surface area (Å²) >= 11 is 0. The second kappa shape index (κ2) is 9.25. The molecule has 0 bridgehead atoms. The molecule has 0 aromatic heterocycles. The molecule has 6 nitrogen and oxygen atoms in total. The van der Waals surface area contributed by atoms with Crippen LogP contribution < -0.4 is 4.72 Å². The fourth-order valence-electron chi connectivity index (χ4n) is 4.57. The number of amides is 1. The summed E-state index contributed by atoms with van der Waals surface area (Å²) in [7, 11) is -2.25. The number of likely N-dealkylation sites (tertiary alicyclic amines) is 1. The number of halogens is 2. The Balaban J connectivity index is 1.48. The van der Waals surface area contributed by atoms with Gasteiger partial charge in [0.15, 0.2) is 5.94 Å². The fraction of sp³-hybridized carbons (Fsp3) is 0.435. The summed E-state index contributed by atoms with van der Waals surface area (Å²) in [5.74, 6) is -2.14. The van der Waals surface area contributed by atoms with Gasteiger partial charge in [0.2, 0.25) is 15.9 Å². The second-order valence-corrected chi connectivity index (χ2v) is 10.1. The number of methoxy groups -OCH3 is 1. The summed E-state index contributed by atoms with van der Waals surface area (Å²) in [5, 5.41) is 0. The zero-order valence-corrected chi connectivity index (χ0v) is 18.6. The van der Waals surface area contributed by atoms with Crippen molar-refractivity contribution < 1.29 is 26.7 Å². The highest BCUT2D eigenvalue weighted by Crippen LogP contribution is 2.51. The molecule has 2 aliphatic rings. The zero-order chi connectivity index (χ0) is 22.9.